The highest BCUT2D eigenvalue weighted by Crippen LogP contribution is 1.82. The van der Waals surface area contributed by atoms with Gasteiger partial charge in [0.15, 0.2) is 6.61 Å². The first-order valence-corrected chi connectivity index (χ1v) is 3.96. The Morgan fingerprint density at radius 2 is 2.15 bits per heavy atom. The molecule has 0 saturated carbocycles. The molecule has 0 bridgehead atoms. The molecule has 0 aromatic carbocycles. The van der Waals surface area contributed by atoms with Gasteiger partial charge < -0.3 is 10.1 Å². The minimum absolute atomic E-state index is 0.120. The van der Waals surface area contributed by atoms with Crippen molar-refractivity contribution in [3.63, 3.8) is 0 Å². The Morgan fingerprint density at radius 3 is 2.69 bits per heavy atom. The first-order chi connectivity index (χ1) is 6.20. The molecule has 3 nitrogen and oxygen atoms in total. The van der Waals surface area contributed by atoms with Crippen LogP contribution >= 0.6 is 0 Å². The van der Waals surface area contributed by atoms with E-state index in [1.165, 1.54) is 0 Å². The van der Waals surface area contributed by atoms with Gasteiger partial charge in [-0.25, -0.2) is 4.79 Å². The summed E-state index contributed by atoms with van der Waals surface area (Å²) >= 11 is 0. The van der Waals surface area contributed by atoms with Crippen molar-refractivity contribution in [1.29, 1.82) is 0 Å². The number of hydrogen-bond acceptors (Lipinski definition) is 2. The summed E-state index contributed by atoms with van der Waals surface area (Å²) in [5.41, 5.74) is 0. The van der Waals surface area contributed by atoms with Gasteiger partial charge in [-0.3, -0.25) is 0 Å². The lowest BCUT2D eigenvalue weighted by molar-refractivity contribution is 0.159. The van der Waals surface area contributed by atoms with Crippen molar-refractivity contribution in [2.75, 3.05) is 6.61 Å². The van der Waals surface area contributed by atoms with E-state index >= 15 is 0 Å². The van der Waals surface area contributed by atoms with E-state index in [2.05, 4.69) is 29.0 Å². The van der Waals surface area contributed by atoms with Gasteiger partial charge in [0, 0.05) is 0 Å². The van der Waals surface area contributed by atoms with Gasteiger partial charge in [0.25, 0.3) is 0 Å². The largest absolute Gasteiger partial charge is 0.436 e. The molecule has 1 unspecified atom stereocenters. The van der Waals surface area contributed by atoms with E-state index in [0.29, 0.717) is 0 Å². The summed E-state index contributed by atoms with van der Waals surface area (Å²) in [5.74, 6) is 10.7. The summed E-state index contributed by atoms with van der Waals surface area (Å²) in [6.45, 7) is 5.30. The molecule has 0 aromatic rings. The third-order valence-corrected chi connectivity index (χ3v) is 1.15. The zero-order valence-electron chi connectivity index (χ0n) is 8.10. The molecule has 0 aliphatic carbocycles. The molecule has 0 heterocycles. The Morgan fingerprint density at radius 1 is 1.46 bits per heavy atom. The second kappa shape index (κ2) is 7.06. The third kappa shape index (κ3) is 6.77. The molecule has 13 heavy (non-hydrogen) atoms. The number of alkyl carbamates (subject to hydrolysis) is 1. The molecule has 1 N–H and O–H groups in total. The number of hydrogen-bond donors (Lipinski definition) is 1. The number of nitrogens with one attached hydrogen (secondary N) is 1. The summed E-state index contributed by atoms with van der Waals surface area (Å²) < 4.78 is 4.71. The first kappa shape index (κ1) is 11.4. The van der Waals surface area contributed by atoms with Crippen LogP contribution in [0.4, 0.5) is 4.79 Å². The van der Waals surface area contributed by atoms with E-state index in [4.69, 9.17) is 4.74 Å². The maximum atomic E-state index is 10.9. The van der Waals surface area contributed by atoms with Crippen LogP contribution in [0.15, 0.2) is 0 Å². The lowest BCUT2D eigenvalue weighted by atomic mass is 10.3. The molecule has 0 aromatic heterocycles. The molecule has 0 rings (SSSR count). The predicted octanol–water partition coefficient (Wildman–Crippen LogP) is 1.15. The highest BCUT2D eigenvalue weighted by atomic mass is 16.5. The van der Waals surface area contributed by atoms with Crippen LogP contribution in [0.3, 0.4) is 0 Å². The number of carbonyl (C=O) groups is 1. The molecule has 0 spiro atoms. The maximum absolute atomic E-state index is 10.9. The summed E-state index contributed by atoms with van der Waals surface area (Å²) in [4.78, 5) is 10.9. The van der Waals surface area contributed by atoms with E-state index in [1.54, 1.807) is 20.8 Å². The highest BCUT2D eigenvalue weighted by molar-refractivity contribution is 5.68. The first-order valence-electron chi connectivity index (χ1n) is 3.96. The molecule has 1 atom stereocenters. The van der Waals surface area contributed by atoms with Crippen LogP contribution in [0, 0.1) is 23.7 Å². The second-order valence-electron chi connectivity index (χ2n) is 2.26. The molecule has 1 amide bonds. The van der Waals surface area contributed by atoms with Crippen molar-refractivity contribution in [3.05, 3.63) is 0 Å². The fourth-order valence-electron chi connectivity index (χ4n) is 0.645. The van der Waals surface area contributed by atoms with Crippen molar-refractivity contribution in [2.45, 2.75) is 26.8 Å². The molecule has 0 aliphatic rings. The summed E-state index contributed by atoms with van der Waals surface area (Å²) in [6.07, 6.45) is -0.488. The zero-order chi connectivity index (χ0) is 10.1. The van der Waals surface area contributed by atoms with Crippen LogP contribution in [0.2, 0.25) is 0 Å². The maximum Gasteiger partial charge on any atom is 0.409 e. The Kier molecular flexibility index (Phi) is 6.19. The van der Waals surface area contributed by atoms with Crippen LogP contribution in [-0.4, -0.2) is 18.7 Å². The van der Waals surface area contributed by atoms with Crippen LogP contribution in [0.5, 0.6) is 0 Å². The second-order valence-corrected chi connectivity index (χ2v) is 2.26. The third-order valence-electron chi connectivity index (χ3n) is 1.15. The molecular formula is C10H13NO2. The monoisotopic (exact) mass is 179 g/mol. The van der Waals surface area contributed by atoms with E-state index in [-0.39, 0.29) is 12.6 Å². The van der Waals surface area contributed by atoms with Gasteiger partial charge in [-0.15, -0.1) is 11.8 Å². The highest BCUT2D eigenvalue weighted by Gasteiger charge is 2.03. The molecule has 0 fully saturated rings. The van der Waals surface area contributed by atoms with Gasteiger partial charge in [-0.2, -0.15) is 0 Å². The van der Waals surface area contributed by atoms with E-state index < -0.39 is 6.09 Å². The Balaban J connectivity index is 3.70. The predicted molar refractivity (Wildman–Crippen MR) is 50.8 cm³/mol. The molecule has 0 radical (unpaired) electrons. The van der Waals surface area contributed by atoms with Crippen LogP contribution in [0.25, 0.3) is 0 Å². The minimum Gasteiger partial charge on any atom is -0.436 e. The van der Waals surface area contributed by atoms with Crippen molar-refractivity contribution in [3.8, 4) is 23.7 Å². The molecule has 70 valence electrons. The molecule has 3 heteroatoms. The van der Waals surface area contributed by atoms with E-state index in [0.717, 1.165) is 0 Å². The summed E-state index contributed by atoms with van der Waals surface area (Å²) in [7, 11) is 0. The standard InChI is InChI=1S/C10H13NO2/c1-4-6-8-13-10(12)11-9(3)7-5-2/h9H,8H2,1-3H3,(H,11,12). The van der Waals surface area contributed by atoms with Gasteiger partial charge in [-0.05, 0) is 20.8 Å². The Bertz CT molecular complexity index is 275. The zero-order valence-corrected chi connectivity index (χ0v) is 8.10. The average Bonchev–Trinajstić information content (AvgIpc) is 2.05. The summed E-state index contributed by atoms with van der Waals surface area (Å²) in [5, 5.41) is 2.54. The van der Waals surface area contributed by atoms with E-state index in [1.807, 2.05) is 0 Å². The molecule has 0 aliphatic heterocycles. The van der Waals surface area contributed by atoms with Crippen molar-refractivity contribution in [1.82, 2.24) is 5.32 Å². The van der Waals surface area contributed by atoms with Gasteiger partial charge in [-0.1, -0.05) is 11.8 Å². The van der Waals surface area contributed by atoms with Crippen molar-refractivity contribution >= 4 is 6.09 Å². The lowest BCUT2D eigenvalue weighted by Crippen LogP contribution is -2.32. The number of rotatable bonds is 2. The Labute approximate surface area is 78.8 Å². The van der Waals surface area contributed by atoms with Gasteiger partial charge in [0.05, 0.1) is 6.04 Å². The van der Waals surface area contributed by atoms with Crippen molar-refractivity contribution < 1.29 is 9.53 Å². The number of carbonyl (C=O) groups excluding carboxylic acids is 1. The number of ether oxygens (including phenoxy) is 1. The van der Waals surface area contributed by atoms with Crippen molar-refractivity contribution in [2.24, 2.45) is 0 Å². The fraction of sp³-hybridized carbons (Fsp3) is 0.500. The number of amides is 1. The SMILES string of the molecule is CC#CCOC(=O)NC(C)C#CC. The average molecular weight is 179 g/mol. The van der Waals surface area contributed by atoms with Gasteiger partial charge in [0.2, 0.25) is 0 Å². The van der Waals surface area contributed by atoms with Crippen LogP contribution < -0.4 is 5.32 Å². The van der Waals surface area contributed by atoms with E-state index in [9.17, 15) is 4.79 Å². The van der Waals surface area contributed by atoms with Crippen LogP contribution in [-0.2, 0) is 4.74 Å². The van der Waals surface area contributed by atoms with Crippen LogP contribution in [0.1, 0.15) is 20.8 Å². The summed E-state index contributed by atoms with van der Waals surface area (Å²) in [6, 6.07) is -0.188. The van der Waals surface area contributed by atoms with Gasteiger partial charge >= 0.3 is 6.09 Å². The molecule has 0 saturated heterocycles. The normalized spacial score (nSPS) is 9.77. The lowest BCUT2D eigenvalue weighted by Gasteiger charge is -2.06. The topological polar surface area (TPSA) is 38.3 Å². The fourth-order valence-corrected chi connectivity index (χ4v) is 0.645. The molecular weight excluding hydrogens is 166 g/mol. The quantitative estimate of drug-likeness (QED) is 0.646. The Hall–Kier alpha value is -1.61. The minimum atomic E-state index is -0.488. The van der Waals surface area contributed by atoms with Gasteiger partial charge in [0.1, 0.15) is 0 Å². The smallest absolute Gasteiger partial charge is 0.409 e.